The number of benzene rings is 1. The molecule has 1 aromatic rings. The van der Waals surface area contributed by atoms with Crippen molar-refractivity contribution in [3.63, 3.8) is 0 Å². The molecule has 1 rings (SSSR count). The molecule has 1 amide bonds. The molecule has 0 aliphatic heterocycles. The van der Waals surface area contributed by atoms with Crippen LogP contribution in [-0.4, -0.2) is 20.9 Å². The Bertz CT molecular complexity index is 530. The number of amides is 1. The van der Waals surface area contributed by atoms with Gasteiger partial charge in [0.25, 0.3) is 9.05 Å². The highest BCUT2D eigenvalue weighted by molar-refractivity contribution is 8.13. The van der Waals surface area contributed by atoms with E-state index in [9.17, 15) is 13.2 Å². The summed E-state index contributed by atoms with van der Waals surface area (Å²) in [6.07, 6.45) is 0.0475. The van der Waals surface area contributed by atoms with Gasteiger partial charge in [0.1, 0.15) is 5.75 Å². The van der Waals surface area contributed by atoms with Crippen LogP contribution in [0, 0.1) is 0 Å². The highest BCUT2D eigenvalue weighted by atomic mass is 35.7. The molecule has 0 aliphatic rings. The van der Waals surface area contributed by atoms with Gasteiger partial charge in [0.15, 0.2) is 0 Å². The van der Waals surface area contributed by atoms with E-state index in [0.717, 1.165) is 0 Å². The second kappa shape index (κ2) is 5.57. The molecule has 94 valence electrons. The monoisotopic (exact) mass is 297 g/mol. The third kappa shape index (κ3) is 4.41. The lowest BCUT2D eigenvalue weighted by Gasteiger charge is -2.07. The first kappa shape index (κ1) is 14.1. The summed E-state index contributed by atoms with van der Waals surface area (Å²) >= 11 is 5.79. The largest absolute Gasteiger partial charge is 0.491 e. The molecular formula is C9H9Cl2NO4S. The molecule has 0 aromatic heterocycles. The van der Waals surface area contributed by atoms with Crippen molar-refractivity contribution in [1.82, 2.24) is 0 Å². The van der Waals surface area contributed by atoms with E-state index in [1.165, 1.54) is 18.2 Å². The van der Waals surface area contributed by atoms with E-state index in [4.69, 9.17) is 32.8 Å². The molecule has 0 radical (unpaired) electrons. The number of hydrogen-bond donors (Lipinski definition) is 1. The van der Waals surface area contributed by atoms with Crippen molar-refractivity contribution in [3.8, 4) is 5.75 Å². The number of carbonyl (C=O) groups is 1. The molecular weight excluding hydrogens is 289 g/mol. The van der Waals surface area contributed by atoms with Crippen LogP contribution in [0.3, 0.4) is 0 Å². The van der Waals surface area contributed by atoms with E-state index in [1.54, 1.807) is 0 Å². The second-order valence-corrected chi connectivity index (χ2v) is 6.07. The Morgan fingerprint density at radius 1 is 1.41 bits per heavy atom. The van der Waals surface area contributed by atoms with Gasteiger partial charge >= 0.3 is 0 Å². The van der Waals surface area contributed by atoms with Crippen LogP contribution in [0.25, 0.3) is 0 Å². The molecule has 8 heteroatoms. The minimum atomic E-state index is -3.82. The van der Waals surface area contributed by atoms with E-state index in [-0.39, 0.29) is 28.7 Å². The van der Waals surface area contributed by atoms with E-state index < -0.39 is 15.0 Å². The van der Waals surface area contributed by atoms with Crippen molar-refractivity contribution in [2.75, 3.05) is 6.61 Å². The molecule has 5 nitrogen and oxygen atoms in total. The molecule has 0 saturated carbocycles. The SMILES string of the molecule is NC(=O)CCOc1ccc(S(=O)(=O)Cl)cc1Cl. The number of hydrogen-bond acceptors (Lipinski definition) is 4. The van der Waals surface area contributed by atoms with Gasteiger partial charge in [0.2, 0.25) is 5.91 Å². The molecule has 17 heavy (non-hydrogen) atoms. The quantitative estimate of drug-likeness (QED) is 0.835. The number of carbonyl (C=O) groups excluding carboxylic acids is 1. The van der Waals surface area contributed by atoms with Gasteiger partial charge in [-0.25, -0.2) is 8.42 Å². The van der Waals surface area contributed by atoms with Crippen molar-refractivity contribution in [2.24, 2.45) is 5.73 Å². The average Bonchev–Trinajstić information content (AvgIpc) is 2.18. The summed E-state index contributed by atoms with van der Waals surface area (Å²) in [4.78, 5) is 10.4. The van der Waals surface area contributed by atoms with Gasteiger partial charge in [-0.2, -0.15) is 0 Å². The predicted octanol–water partition coefficient (Wildman–Crippen LogP) is 1.52. The molecule has 0 atom stereocenters. The average molecular weight is 298 g/mol. The number of ether oxygens (including phenoxy) is 1. The predicted molar refractivity (Wildman–Crippen MR) is 63.8 cm³/mol. The zero-order valence-electron chi connectivity index (χ0n) is 8.52. The van der Waals surface area contributed by atoms with Gasteiger partial charge in [-0.3, -0.25) is 4.79 Å². The van der Waals surface area contributed by atoms with Gasteiger partial charge < -0.3 is 10.5 Å². The lowest BCUT2D eigenvalue weighted by Crippen LogP contribution is -2.14. The maximum Gasteiger partial charge on any atom is 0.261 e. The zero-order valence-corrected chi connectivity index (χ0v) is 10.8. The lowest BCUT2D eigenvalue weighted by molar-refractivity contribution is -0.118. The minimum Gasteiger partial charge on any atom is -0.491 e. The fourth-order valence-corrected chi connectivity index (χ4v) is 2.09. The minimum absolute atomic E-state index is 0.0475. The number of primary amides is 1. The van der Waals surface area contributed by atoms with Crippen LogP contribution in [0.1, 0.15) is 6.42 Å². The molecule has 0 saturated heterocycles. The first-order chi connectivity index (χ1) is 7.80. The molecule has 1 aromatic carbocycles. The van der Waals surface area contributed by atoms with E-state index >= 15 is 0 Å². The Labute approximate surface area is 108 Å². The zero-order chi connectivity index (χ0) is 13.1. The van der Waals surface area contributed by atoms with Crippen LogP contribution in [0.5, 0.6) is 5.75 Å². The number of nitrogens with two attached hydrogens (primary N) is 1. The maximum absolute atomic E-state index is 11.0. The fraction of sp³-hybridized carbons (Fsp3) is 0.222. The summed E-state index contributed by atoms with van der Waals surface area (Å²) in [6.45, 7) is 0.0715. The lowest BCUT2D eigenvalue weighted by atomic mass is 10.3. The summed E-state index contributed by atoms with van der Waals surface area (Å²) in [5, 5.41) is 0.0937. The summed E-state index contributed by atoms with van der Waals surface area (Å²) in [6, 6.07) is 3.79. The smallest absolute Gasteiger partial charge is 0.261 e. The van der Waals surface area contributed by atoms with Crippen LogP contribution >= 0.6 is 22.3 Å². The molecule has 2 N–H and O–H groups in total. The first-order valence-corrected chi connectivity index (χ1v) is 7.15. The van der Waals surface area contributed by atoms with E-state index in [0.29, 0.717) is 0 Å². The number of rotatable bonds is 5. The number of halogens is 2. The highest BCUT2D eigenvalue weighted by Crippen LogP contribution is 2.28. The van der Waals surface area contributed by atoms with Crippen molar-refractivity contribution < 1.29 is 17.9 Å². The van der Waals surface area contributed by atoms with E-state index in [1.807, 2.05) is 0 Å². The van der Waals surface area contributed by atoms with Gasteiger partial charge in [-0.05, 0) is 18.2 Å². The van der Waals surface area contributed by atoms with Gasteiger partial charge in [-0.15, -0.1) is 0 Å². The summed E-state index contributed by atoms with van der Waals surface area (Å²) in [5.74, 6) is -0.238. The highest BCUT2D eigenvalue weighted by Gasteiger charge is 2.12. The Morgan fingerprint density at radius 2 is 2.06 bits per heavy atom. The Morgan fingerprint density at radius 3 is 2.53 bits per heavy atom. The fourth-order valence-electron chi connectivity index (χ4n) is 1.01. The standard InChI is InChI=1S/C9H9Cl2NO4S/c10-7-5-6(17(11,14)15)1-2-8(7)16-4-3-9(12)13/h1-2,5H,3-4H2,(H2,12,13). The first-order valence-electron chi connectivity index (χ1n) is 4.46. The van der Waals surface area contributed by atoms with Crippen molar-refractivity contribution >= 4 is 37.2 Å². The van der Waals surface area contributed by atoms with Crippen molar-refractivity contribution in [2.45, 2.75) is 11.3 Å². The second-order valence-electron chi connectivity index (χ2n) is 3.09. The topological polar surface area (TPSA) is 86.5 Å². The van der Waals surface area contributed by atoms with Crippen molar-refractivity contribution in [3.05, 3.63) is 23.2 Å². The van der Waals surface area contributed by atoms with Crippen molar-refractivity contribution in [1.29, 1.82) is 0 Å². The Kier molecular flexibility index (Phi) is 4.62. The Balaban J connectivity index is 2.80. The van der Waals surface area contributed by atoms with Crippen LogP contribution in [0.2, 0.25) is 5.02 Å². The van der Waals surface area contributed by atoms with Crippen LogP contribution in [0.15, 0.2) is 23.1 Å². The van der Waals surface area contributed by atoms with Gasteiger partial charge in [0.05, 0.1) is 22.9 Å². The van der Waals surface area contributed by atoms with Crippen LogP contribution in [-0.2, 0) is 13.8 Å². The molecule has 0 unspecified atom stereocenters. The Hall–Kier alpha value is -0.980. The molecule has 0 fully saturated rings. The molecule has 0 aliphatic carbocycles. The van der Waals surface area contributed by atoms with Crippen LogP contribution in [0.4, 0.5) is 0 Å². The van der Waals surface area contributed by atoms with E-state index in [2.05, 4.69) is 0 Å². The summed E-state index contributed by atoms with van der Waals surface area (Å²) < 4.78 is 27.2. The molecule has 0 spiro atoms. The third-order valence-corrected chi connectivity index (χ3v) is 3.44. The third-order valence-electron chi connectivity index (χ3n) is 1.79. The maximum atomic E-state index is 11.0. The molecule has 0 heterocycles. The van der Waals surface area contributed by atoms with Crippen LogP contribution < -0.4 is 10.5 Å². The van der Waals surface area contributed by atoms with Gasteiger partial charge in [0, 0.05) is 10.7 Å². The normalized spacial score (nSPS) is 11.2. The molecule has 0 bridgehead atoms. The summed E-state index contributed by atoms with van der Waals surface area (Å²) in [7, 11) is 1.32. The van der Waals surface area contributed by atoms with Gasteiger partial charge in [-0.1, -0.05) is 11.6 Å². The summed E-state index contributed by atoms with van der Waals surface area (Å²) in [5.41, 5.74) is 4.93.